The van der Waals surface area contributed by atoms with Gasteiger partial charge >= 0.3 is 0 Å². The van der Waals surface area contributed by atoms with Gasteiger partial charge in [0.05, 0.1) is 0 Å². The van der Waals surface area contributed by atoms with Gasteiger partial charge in [-0.15, -0.1) is 0 Å². The Kier molecular flexibility index (Phi) is 32.2. The number of hydrogen-bond acceptors (Lipinski definition) is 2. The van der Waals surface area contributed by atoms with Crippen LogP contribution < -0.4 is 0 Å². The number of hydrogen-bond donors (Lipinski definition) is 1. The first-order chi connectivity index (χ1) is 26.9. The number of halogens is 3. The zero-order valence-corrected chi connectivity index (χ0v) is 40.5. The predicted octanol–water partition coefficient (Wildman–Crippen LogP) is 18.9. The molecule has 0 saturated heterocycles. The van der Waals surface area contributed by atoms with Gasteiger partial charge in [-0.1, -0.05) is 145 Å². The third-order valence-electron chi connectivity index (χ3n) is 10.3. The summed E-state index contributed by atoms with van der Waals surface area (Å²) in [6, 6.07) is 0. The van der Waals surface area contributed by atoms with Crippen molar-refractivity contribution in [3.05, 3.63) is 116 Å². The van der Waals surface area contributed by atoms with E-state index >= 15 is 0 Å². The summed E-state index contributed by atoms with van der Waals surface area (Å²) in [6.07, 6.45) is 43.9. The van der Waals surface area contributed by atoms with Gasteiger partial charge in [0.2, 0.25) is 5.90 Å². The molecule has 0 bridgehead atoms. The molecule has 0 aromatic rings. The summed E-state index contributed by atoms with van der Waals surface area (Å²) < 4.78 is 3.37. The maximum Gasteiger partial charge on any atom is 0.265 e. The lowest BCUT2D eigenvalue weighted by molar-refractivity contribution is 0.339. The van der Waals surface area contributed by atoms with E-state index in [1.165, 1.54) is 75.0 Å². The molecular formula is C52H82Cl3NO. The minimum Gasteiger partial charge on any atom is -0.474 e. The van der Waals surface area contributed by atoms with Gasteiger partial charge in [-0.2, -0.15) is 0 Å². The molecule has 2 nitrogen and oxygen atoms in total. The van der Waals surface area contributed by atoms with Crippen LogP contribution in [0.4, 0.5) is 0 Å². The van der Waals surface area contributed by atoms with Gasteiger partial charge in [-0.05, 0) is 198 Å². The lowest BCUT2D eigenvalue weighted by atomic mass is 10.0. The average molecular weight is 844 g/mol. The Labute approximate surface area is 367 Å². The zero-order valence-electron chi connectivity index (χ0n) is 38.3. The van der Waals surface area contributed by atoms with E-state index in [9.17, 15) is 0 Å². The standard InChI is InChI=1S/C52H82Cl3NO/c1-41(2)21-12-22-42(3)23-13-24-43(4)25-14-26-44(5)27-15-28-45(6)29-16-30-46(7)31-17-32-47(8)33-18-34-48(9)35-19-36-49(10)37-20-38-50(11)39-40-57-51(56)52(53,54)55/h21,23,25,27,29,31,33,35,37,39,56H,12-20,22,24,26,28,30,32,34,36,38,40H2,1-11H3/b42-23+,43-25+,44-27+,45-29+,46-31+,47-33+,48-35+,49-37+,50-39+,56-51?. The van der Waals surface area contributed by atoms with E-state index in [4.69, 9.17) is 44.9 Å². The molecule has 0 saturated carbocycles. The highest BCUT2D eigenvalue weighted by Crippen LogP contribution is 2.27. The molecule has 0 aromatic carbocycles. The van der Waals surface area contributed by atoms with Gasteiger partial charge in [-0.3, -0.25) is 5.41 Å². The highest BCUT2D eigenvalue weighted by molar-refractivity contribution is 6.76. The monoisotopic (exact) mass is 842 g/mol. The number of allylic oxidation sites excluding steroid dienone is 19. The second-order valence-electron chi connectivity index (χ2n) is 16.7. The number of alkyl halides is 3. The Morgan fingerprint density at radius 1 is 0.351 bits per heavy atom. The van der Waals surface area contributed by atoms with Gasteiger partial charge in [0, 0.05) is 0 Å². The fourth-order valence-corrected chi connectivity index (χ4v) is 6.39. The molecule has 5 heteroatoms. The summed E-state index contributed by atoms with van der Waals surface area (Å²) in [6.45, 7) is 24.9. The van der Waals surface area contributed by atoms with Crippen LogP contribution in [0, 0.1) is 5.41 Å². The predicted molar refractivity (Wildman–Crippen MR) is 260 cm³/mol. The molecule has 0 atom stereocenters. The third kappa shape index (κ3) is 35.4. The van der Waals surface area contributed by atoms with Crippen molar-refractivity contribution in [3.63, 3.8) is 0 Å². The maximum atomic E-state index is 7.58. The summed E-state index contributed by atoms with van der Waals surface area (Å²) in [5.41, 5.74) is 14.6. The van der Waals surface area contributed by atoms with Gasteiger partial charge < -0.3 is 4.74 Å². The van der Waals surface area contributed by atoms with Crippen molar-refractivity contribution >= 4 is 40.7 Å². The molecule has 0 aliphatic carbocycles. The highest BCUT2D eigenvalue weighted by Gasteiger charge is 2.28. The molecule has 0 fully saturated rings. The molecule has 0 radical (unpaired) electrons. The van der Waals surface area contributed by atoms with Crippen LogP contribution in [-0.4, -0.2) is 16.3 Å². The second-order valence-corrected chi connectivity index (χ2v) is 19.0. The average Bonchev–Trinajstić information content (AvgIpc) is 3.11. The molecule has 0 aliphatic rings. The van der Waals surface area contributed by atoms with Crippen LogP contribution in [0.1, 0.15) is 192 Å². The van der Waals surface area contributed by atoms with Crippen molar-refractivity contribution in [3.8, 4) is 0 Å². The molecule has 0 rings (SSSR count). The molecule has 0 unspecified atom stereocenters. The Hall–Kier alpha value is -2.26. The van der Waals surface area contributed by atoms with E-state index < -0.39 is 3.79 Å². The van der Waals surface area contributed by atoms with Crippen molar-refractivity contribution in [2.24, 2.45) is 0 Å². The Morgan fingerprint density at radius 2 is 0.544 bits per heavy atom. The lowest BCUT2D eigenvalue weighted by Crippen LogP contribution is -2.21. The van der Waals surface area contributed by atoms with Crippen LogP contribution in [0.15, 0.2) is 116 Å². The number of rotatable bonds is 29. The van der Waals surface area contributed by atoms with E-state index in [-0.39, 0.29) is 12.5 Å². The molecule has 1 N–H and O–H groups in total. The van der Waals surface area contributed by atoms with Crippen LogP contribution in [0.2, 0.25) is 0 Å². The first kappa shape index (κ1) is 54.7. The largest absolute Gasteiger partial charge is 0.474 e. The summed E-state index contributed by atoms with van der Waals surface area (Å²) >= 11 is 16.9. The quantitative estimate of drug-likeness (QED) is 0.0346. The third-order valence-corrected chi connectivity index (χ3v) is 10.8. The van der Waals surface area contributed by atoms with E-state index in [1.54, 1.807) is 0 Å². The van der Waals surface area contributed by atoms with Gasteiger partial charge in [0.25, 0.3) is 3.79 Å². The van der Waals surface area contributed by atoms with E-state index in [0.29, 0.717) is 0 Å². The van der Waals surface area contributed by atoms with E-state index in [2.05, 4.69) is 131 Å². The fraction of sp³-hybridized carbons (Fsp3) is 0.596. The smallest absolute Gasteiger partial charge is 0.265 e. The summed E-state index contributed by atoms with van der Waals surface area (Å²) in [7, 11) is 0. The molecule has 0 amide bonds. The summed E-state index contributed by atoms with van der Waals surface area (Å²) in [5.74, 6) is -0.352. The zero-order chi connectivity index (χ0) is 43.1. The molecule has 0 spiro atoms. The van der Waals surface area contributed by atoms with Crippen molar-refractivity contribution in [2.45, 2.75) is 196 Å². The van der Waals surface area contributed by atoms with E-state index in [0.717, 1.165) is 96.3 Å². The topological polar surface area (TPSA) is 33.1 Å². The number of nitrogens with one attached hydrogen (secondary N) is 1. The minimum absolute atomic E-state index is 0.240. The first-order valence-electron chi connectivity index (χ1n) is 21.7. The van der Waals surface area contributed by atoms with Crippen LogP contribution in [0.25, 0.3) is 0 Å². The van der Waals surface area contributed by atoms with Crippen molar-refractivity contribution in [1.82, 2.24) is 0 Å². The summed E-state index contributed by atoms with van der Waals surface area (Å²) in [5, 5.41) is 7.58. The Bertz CT molecular complexity index is 1480. The number of ether oxygens (including phenoxy) is 1. The Balaban J connectivity index is 4.27. The molecule has 0 aliphatic heterocycles. The summed E-state index contributed by atoms with van der Waals surface area (Å²) in [4.78, 5) is 0. The van der Waals surface area contributed by atoms with Crippen molar-refractivity contribution in [1.29, 1.82) is 5.41 Å². The van der Waals surface area contributed by atoms with E-state index in [1.807, 2.05) is 6.08 Å². The molecule has 0 aromatic heterocycles. The van der Waals surface area contributed by atoms with Gasteiger partial charge in [0.1, 0.15) is 6.61 Å². The second kappa shape index (κ2) is 33.6. The molecule has 0 heterocycles. The molecule has 322 valence electrons. The van der Waals surface area contributed by atoms with Crippen LogP contribution in [0.5, 0.6) is 0 Å². The van der Waals surface area contributed by atoms with Gasteiger partial charge in [0.15, 0.2) is 0 Å². The molecular weight excluding hydrogens is 761 g/mol. The van der Waals surface area contributed by atoms with Gasteiger partial charge in [-0.25, -0.2) is 0 Å². The minimum atomic E-state index is -1.81. The lowest BCUT2D eigenvalue weighted by Gasteiger charge is -2.12. The van der Waals surface area contributed by atoms with Crippen molar-refractivity contribution in [2.75, 3.05) is 6.61 Å². The van der Waals surface area contributed by atoms with Crippen LogP contribution in [-0.2, 0) is 4.74 Å². The van der Waals surface area contributed by atoms with Crippen molar-refractivity contribution < 1.29 is 4.74 Å². The maximum absolute atomic E-state index is 7.58. The van der Waals surface area contributed by atoms with Crippen LogP contribution >= 0.6 is 34.8 Å². The SMILES string of the molecule is CC(C)=CCC/C(C)=C/CC/C(C)=C/CC/C(C)=C/CC/C(C)=C/CC/C(C)=C/CC/C(C)=C/CC/C(C)=C/CC/C(C)=C/CC/C(C)=C/COC(=N)C(Cl)(Cl)Cl. The fourth-order valence-electron chi connectivity index (χ4n) is 6.23. The highest BCUT2D eigenvalue weighted by atomic mass is 35.6. The first-order valence-corrected chi connectivity index (χ1v) is 22.8. The van der Waals surface area contributed by atoms with Crippen LogP contribution in [0.3, 0.4) is 0 Å². The Morgan fingerprint density at radius 3 is 0.737 bits per heavy atom. The normalized spacial score (nSPS) is 14.7. The molecule has 57 heavy (non-hydrogen) atoms.